The number of benzene rings is 1. The third-order valence-corrected chi connectivity index (χ3v) is 2.70. The number of carbonyl (C=O) groups is 1. The fourth-order valence-electron chi connectivity index (χ4n) is 1.70. The normalized spacial score (nSPS) is 10.0. The molecule has 0 fully saturated rings. The van der Waals surface area contributed by atoms with E-state index in [0.717, 1.165) is 16.8 Å². The Morgan fingerprint density at radius 2 is 2.00 bits per heavy atom. The predicted molar refractivity (Wildman–Crippen MR) is 76.2 cm³/mol. The van der Waals surface area contributed by atoms with Crippen LogP contribution in [0.25, 0.3) is 11.3 Å². The number of esters is 1. The maximum atomic E-state index is 11.4. The Kier molecular flexibility index (Phi) is 4.50. The van der Waals surface area contributed by atoms with Gasteiger partial charge in [0.15, 0.2) is 0 Å². The molecule has 0 saturated carbocycles. The van der Waals surface area contributed by atoms with Gasteiger partial charge in [-0.1, -0.05) is 18.7 Å². The van der Waals surface area contributed by atoms with Gasteiger partial charge in [0.1, 0.15) is 12.4 Å². The molecule has 0 aliphatic carbocycles. The smallest absolute Gasteiger partial charge is 0.310 e. The zero-order valence-electron chi connectivity index (χ0n) is 11.0. The monoisotopic (exact) mass is 269 g/mol. The van der Waals surface area contributed by atoms with Crippen LogP contribution in [0.4, 0.5) is 0 Å². The molecule has 102 valence electrons. The lowest BCUT2D eigenvalue weighted by Gasteiger charge is -2.04. The largest absolute Gasteiger partial charge is 0.508 e. The van der Waals surface area contributed by atoms with E-state index in [2.05, 4.69) is 11.6 Å². The third-order valence-electron chi connectivity index (χ3n) is 2.70. The molecule has 1 aromatic carbocycles. The minimum atomic E-state index is -0.302. The van der Waals surface area contributed by atoms with Crippen LogP contribution in [-0.4, -0.2) is 22.7 Å². The second kappa shape index (κ2) is 6.52. The van der Waals surface area contributed by atoms with Gasteiger partial charge in [0, 0.05) is 11.8 Å². The number of hydrogen-bond donors (Lipinski definition) is 1. The lowest BCUT2D eigenvalue weighted by Crippen LogP contribution is -2.08. The maximum absolute atomic E-state index is 11.4. The number of aromatic nitrogens is 1. The number of ether oxygens (including phenoxy) is 1. The van der Waals surface area contributed by atoms with Crippen LogP contribution in [0.2, 0.25) is 0 Å². The van der Waals surface area contributed by atoms with E-state index < -0.39 is 0 Å². The van der Waals surface area contributed by atoms with Crippen LogP contribution in [0.15, 0.2) is 55.3 Å². The molecule has 0 radical (unpaired) electrons. The fourth-order valence-corrected chi connectivity index (χ4v) is 1.70. The van der Waals surface area contributed by atoms with E-state index in [1.807, 2.05) is 12.1 Å². The van der Waals surface area contributed by atoms with Crippen LogP contribution in [0, 0.1) is 0 Å². The van der Waals surface area contributed by atoms with Crippen molar-refractivity contribution in [2.24, 2.45) is 0 Å². The van der Waals surface area contributed by atoms with Crippen LogP contribution >= 0.6 is 0 Å². The number of nitrogens with zero attached hydrogens (tertiary/aromatic N) is 1. The Morgan fingerprint density at radius 1 is 1.25 bits per heavy atom. The van der Waals surface area contributed by atoms with Crippen LogP contribution in [0.1, 0.15) is 5.56 Å². The molecule has 1 aromatic heterocycles. The van der Waals surface area contributed by atoms with Crippen molar-refractivity contribution in [1.29, 1.82) is 0 Å². The van der Waals surface area contributed by atoms with Crippen LogP contribution in [0.5, 0.6) is 5.75 Å². The zero-order valence-corrected chi connectivity index (χ0v) is 11.0. The topological polar surface area (TPSA) is 59.4 Å². The molecule has 0 amide bonds. The average Bonchev–Trinajstić information content (AvgIpc) is 2.47. The van der Waals surface area contributed by atoms with E-state index in [0.29, 0.717) is 0 Å². The molecule has 2 aromatic rings. The Bertz CT molecular complexity index is 588. The number of phenols is 1. The lowest BCUT2D eigenvalue weighted by molar-refractivity contribution is -0.141. The average molecular weight is 269 g/mol. The third kappa shape index (κ3) is 3.68. The van der Waals surface area contributed by atoms with Gasteiger partial charge in [-0.2, -0.15) is 0 Å². The summed E-state index contributed by atoms with van der Waals surface area (Å²) in [6.07, 6.45) is 3.37. The van der Waals surface area contributed by atoms with Gasteiger partial charge in [-0.25, -0.2) is 0 Å². The van der Waals surface area contributed by atoms with Gasteiger partial charge in [-0.15, -0.1) is 0 Å². The molecular formula is C16H15NO3. The van der Waals surface area contributed by atoms with Gasteiger partial charge in [0.25, 0.3) is 0 Å². The van der Waals surface area contributed by atoms with Gasteiger partial charge < -0.3 is 9.84 Å². The zero-order chi connectivity index (χ0) is 14.4. The van der Waals surface area contributed by atoms with E-state index in [1.54, 1.807) is 30.5 Å². The summed E-state index contributed by atoms with van der Waals surface area (Å²) in [7, 11) is 0. The van der Waals surface area contributed by atoms with Crippen molar-refractivity contribution in [3.63, 3.8) is 0 Å². The summed E-state index contributed by atoms with van der Waals surface area (Å²) < 4.78 is 4.91. The molecule has 0 atom stereocenters. The van der Waals surface area contributed by atoms with Crippen molar-refractivity contribution >= 4 is 5.97 Å². The van der Waals surface area contributed by atoms with Crippen LogP contribution in [0.3, 0.4) is 0 Å². The minimum absolute atomic E-state index is 0.191. The van der Waals surface area contributed by atoms with Crippen molar-refractivity contribution in [3.05, 3.63) is 60.8 Å². The number of rotatable bonds is 5. The fraction of sp³-hybridized carbons (Fsp3) is 0.125. The van der Waals surface area contributed by atoms with E-state index in [4.69, 9.17) is 4.74 Å². The van der Waals surface area contributed by atoms with Crippen LogP contribution < -0.4 is 0 Å². The van der Waals surface area contributed by atoms with Crippen molar-refractivity contribution in [2.75, 3.05) is 6.61 Å². The summed E-state index contributed by atoms with van der Waals surface area (Å²) in [6, 6.07) is 10.5. The minimum Gasteiger partial charge on any atom is -0.508 e. The van der Waals surface area contributed by atoms with Gasteiger partial charge in [0.05, 0.1) is 12.1 Å². The van der Waals surface area contributed by atoms with E-state index in [-0.39, 0.29) is 24.7 Å². The second-order valence-corrected chi connectivity index (χ2v) is 4.25. The highest BCUT2D eigenvalue weighted by molar-refractivity contribution is 5.72. The second-order valence-electron chi connectivity index (χ2n) is 4.25. The summed E-state index contributed by atoms with van der Waals surface area (Å²) in [5.41, 5.74) is 2.48. The SMILES string of the molecule is C=CCOC(=O)Cc1ccc(-c2ccc(O)cc2)nc1. The summed E-state index contributed by atoms with van der Waals surface area (Å²) in [4.78, 5) is 15.7. The van der Waals surface area contributed by atoms with Crippen molar-refractivity contribution in [1.82, 2.24) is 4.98 Å². The van der Waals surface area contributed by atoms with Crippen molar-refractivity contribution in [3.8, 4) is 17.0 Å². The first-order valence-corrected chi connectivity index (χ1v) is 6.20. The molecule has 1 heterocycles. The molecule has 1 N–H and O–H groups in total. The molecule has 4 nitrogen and oxygen atoms in total. The molecule has 2 rings (SSSR count). The van der Waals surface area contributed by atoms with Crippen molar-refractivity contribution < 1.29 is 14.6 Å². The number of pyridine rings is 1. The van der Waals surface area contributed by atoms with Gasteiger partial charge in [-0.05, 0) is 35.9 Å². The summed E-state index contributed by atoms with van der Waals surface area (Å²) >= 11 is 0. The Morgan fingerprint density at radius 3 is 2.60 bits per heavy atom. The molecule has 0 saturated heterocycles. The number of carbonyl (C=O) groups excluding carboxylic acids is 1. The molecular weight excluding hydrogens is 254 g/mol. The number of hydrogen-bond acceptors (Lipinski definition) is 4. The highest BCUT2D eigenvalue weighted by Gasteiger charge is 2.05. The van der Waals surface area contributed by atoms with Gasteiger partial charge in [-0.3, -0.25) is 9.78 Å². The Balaban J connectivity index is 2.04. The van der Waals surface area contributed by atoms with Crippen molar-refractivity contribution in [2.45, 2.75) is 6.42 Å². The van der Waals surface area contributed by atoms with E-state index >= 15 is 0 Å². The first-order chi connectivity index (χ1) is 9.69. The molecule has 0 unspecified atom stereocenters. The van der Waals surface area contributed by atoms with Gasteiger partial charge >= 0.3 is 5.97 Å². The summed E-state index contributed by atoms with van der Waals surface area (Å²) in [5, 5.41) is 9.24. The summed E-state index contributed by atoms with van der Waals surface area (Å²) in [6.45, 7) is 3.70. The standard InChI is InChI=1S/C16H15NO3/c1-2-9-20-16(19)10-12-3-8-15(17-11-12)13-4-6-14(18)7-5-13/h2-8,11,18H,1,9-10H2. The molecule has 4 heteroatoms. The Hall–Kier alpha value is -2.62. The first-order valence-electron chi connectivity index (χ1n) is 6.20. The van der Waals surface area contributed by atoms with E-state index in [1.165, 1.54) is 6.08 Å². The summed E-state index contributed by atoms with van der Waals surface area (Å²) in [5.74, 6) is -0.0839. The molecule has 0 spiro atoms. The molecule has 0 aliphatic rings. The quantitative estimate of drug-likeness (QED) is 0.669. The predicted octanol–water partition coefficient (Wildman–Crippen LogP) is 2.73. The van der Waals surface area contributed by atoms with E-state index in [9.17, 15) is 9.90 Å². The number of aromatic hydroxyl groups is 1. The molecule has 0 bridgehead atoms. The highest BCUT2D eigenvalue weighted by Crippen LogP contribution is 2.20. The lowest BCUT2D eigenvalue weighted by atomic mass is 10.1. The van der Waals surface area contributed by atoms with Gasteiger partial charge in [0.2, 0.25) is 0 Å². The highest BCUT2D eigenvalue weighted by atomic mass is 16.5. The van der Waals surface area contributed by atoms with Crippen LogP contribution in [-0.2, 0) is 16.0 Å². The first kappa shape index (κ1) is 13.8. The Labute approximate surface area is 117 Å². The maximum Gasteiger partial charge on any atom is 0.310 e. The molecule has 0 aliphatic heterocycles. The number of phenolic OH excluding ortho intramolecular Hbond substituents is 1. The molecule has 20 heavy (non-hydrogen) atoms.